The Morgan fingerprint density at radius 2 is 1.85 bits per heavy atom. The molecule has 0 spiro atoms. The maximum absolute atomic E-state index is 8.75. The second-order valence-electron chi connectivity index (χ2n) is 4.22. The number of benzene rings is 1. The van der Waals surface area contributed by atoms with Gasteiger partial charge in [0.15, 0.2) is 5.96 Å². The molecule has 2 rings (SSSR count). The molecule has 0 amide bonds. The molecule has 0 aliphatic heterocycles. The predicted octanol–water partition coefficient (Wildman–Crippen LogP) is 2.48. The zero-order valence-corrected chi connectivity index (χ0v) is 12.1. The minimum atomic E-state index is 0.675. The second kappa shape index (κ2) is 7.31. The molecule has 0 saturated carbocycles. The first-order valence-corrected chi connectivity index (χ1v) is 7.20. The Labute approximate surface area is 122 Å². The normalized spacial score (nSPS) is 10.9. The smallest absolute Gasteiger partial charge is 0.191 e. The van der Waals surface area contributed by atoms with Crippen LogP contribution < -0.4 is 10.6 Å². The van der Waals surface area contributed by atoms with Gasteiger partial charge in [0.05, 0.1) is 11.6 Å². The summed E-state index contributed by atoms with van der Waals surface area (Å²) in [6, 6.07) is 11.7. The summed E-state index contributed by atoms with van der Waals surface area (Å²) in [5.41, 5.74) is 3.03. The van der Waals surface area contributed by atoms with Gasteiger partial charge in [-0.1, -0.05) is 12.1 Å². The molecule has 1 aromatic heterocycles. The lowest BCUT2D eigenvalue weighted by Gasteiger charge is -2.11. The first-order chi connectivity index (χ1) is 9.81. The lowest BCUT2D eigenvalue weighted by atomic mass is 10.1. The average molecular weight is 284 g/mol. The molecular formula is C15H16N4S. The van der Waals surface area contributed by atoms with Gasteiger partial charge in [0.1, 0.15) is 0 Å². The Kier molecular flexibility index (Phi) is 5.15. The minimum absolute atomic E-state index is 0.675. The number of thiophene rings is 1. The van der Waals surface area contributed by atoms with Crippen molar-refractivity contribution in [2.45, 2.75) is 13.1 Å². The Morgan fingerprint density at radius 1 is 1.15 bits per heavy atom. The summed E-state index contributed by atoms with van der Waals surface area (Å²) in [7, 11) is 1.75. The van der Waals surface area contributed by atoms with Gasteiger partial charge in [0.25, 0.3) is 0 Å². The van der Waals surface area contributed by atoms with E-state index in [1.54, 1.807) is 18.4 Å². The van der Waals surface area contributed by atoms with Gasteiger partial charge >= 0.3 is 0 Å². The van der Waals surface area contributed by atoms with E-state index >= 15 is 0 Å². The molecule has 2 N–H and O–H groups in total. The molecule has 0 saturated heterocycles. The number of hydrogen-bond donors (Lipinski definition) is 2. The summed E-state index contributed by atoms with van der Waals surface area (Å²) in [5.74, 6) is 0.764. The fourth-order valence-corrected chi connectivity index (χ4v) is 2.35. The summed E-state index contributed by atoms with van der Waals surface area (Å²) in [4.78, 5) is 4.18. The minimum Gasteiger partial charge on any atom is -0.352 e. The lowest BCUT2D eigenvalue weighted by Crippen LogP contribution is -2.36. The summed E-state index contributed by atoms with van der Waals surface area (Å²) in [6.07, 6.45) is 0. The Bertz CT molecular complexity index is 594. The maximum atomic E-state index is 8.75. The van der Waals surface area contributed by atoms with E-state index < -0.39 is 0 Å². The van der Waals surface area contributed by atoms with E-state index in [-0.39, 0.29) is 0 Å². The van der Waals surface area contributed by atoms with Gasteiger partial charge in [-0.2, -0.15) is 16.6 Å². The summed E-state index contributed by atoms with van der Waals surface area (Å²) in [5, 5.41) is 19.4. The van der Waals surface area contributed by atoms with E-state index in [0.29, 0.717) is 12.1 Å². The third kappa shape index (κ3) is 4.11. The van der Waals surface area contributed by atoms with Gasteiger partial charge in [0.2, 0.25) is 0 Å². The topological polar surface area (TPSA) is 60.2 Å². The molecular weight excluding hydrogens is 268 g/mol. The molecule has 102 valence electrons. The van der Waals surface area contributed by atoms with Crippen LogP contribution in [0.3, 0.4) is 0 Å². The van der Waals surface area contributed by atoms with E-state index in [2.05, 4.69) is 38.5 Å². The predicted molar refractivity (Wildman–Crippen MR) is 82.5 cm³/mol. The van der Waals surface area contributed by atoms with Crippen molar-refractivity contribution >= 4 is 17.3 Å². The number of rotatable bonds is 4. The van der Waals surface area contributed by atoms with Crippen LogP contribution in [0.25, 0.3) is 0 Å². The van der Waals surface area contributed by atoms with E-state index in [1.165, 1.54) is 5.56 Å². The van der Waals surface area contributed by atoms with Crippen LogP contribution in [0.15, 0.2) is 46.1 Å². The number of nitrogens with one attached hydrogen (secondary N) is 2. The number of nitriles is 1. The summed E-state index contributed by atoms with van der Waals surface area (Å²) >= 11 is 1.69. The van der Waals surface area contributed by atoms with E-state index in [1.807, 2.05) is 24.3 Å². The van der Waals surface area contributed by atoms with Gasteiger partial charge in [-0.15, -0.1) is 0 Å². The van der Waals surface area contributed by atoms with Crippen LogP contribution in [-0.4, -0.2) is 13.0 Å². The zero-order chi connectivity index (χ0) is 14.2. The standard InChI is InChI=1S/C15H16N4S/c1-17-15(19-10-14-6-7-20-11-14)18-9-13-4-2-12(8-16)3-5-13/h2-7,11H,9-10H2,1H3,(H2,17,18,19). The highest BCUT2D eigenvalue weighted by Gasteiger charge is 1.99. The molecule has 0 unspecified atom stereocenters. The lowest BCUT2D eigenvalue weighted by molar-refractivity contribution is 0.810. The number of aliphatic imine (C=N–C) groups is 1. The fraction of sp³-hybridized carbons (Fsp3) is 0.200. The van der Waals surface area contributed by atoms with E-state index in [9.17, 15) is 0 Å². The second-order valence-corrected chi connectivity index (χ2v) is 5.00. The first kappa shape index (κ1) is 14.1. The molecule has 1 aromatic carbocycles. The zero-order valence-electron chi connectivity index (χ0n) is 11.3. The van der Waals surface area contributed by atoms with Crippen LogP contribution >= 0.6 is 11.3 Å². The number of guanidine groups is 1. The van der Waals surface area contributed by atoms with Crippen molar-refractivity contribution in [1.82, 2.24) is 10.6 Å². The third-order valence-electron chi connectivity index (χ3n) is 2.81. The molecule has 0 fully saturated rings. The highest BCUT2D eigenvalue weighted by molar-refractivity contribution is 7.07. The molecule has 4 nitrogen and oxygen atoms in total. The van der Waals surface area contributed by atoms with Crippen LogP contribution in [-0.2, 0) is 13.1 Å². The highest BCUT2D eigenvalue weighted by Crippen LogP contribution is 2.05. The van der Waals surface area contributed by atoms with E-state index in [4.69, 9.17) is 5.26 Å². The number of hydrogen-bond acceptors (Lipinski definition) is 3. The van der Waals surface area contributed by atoms with Crippen LogP contribution in [0.5, 0.6) is 0 Å². The van der Waals surface area contributed by atoms with Crippen molar-refractivity contribution in [1.29, 1.82) is 5.26 Å². The fourth-order valence-electron chi connectivity index (χ4n) is 1.68. The summed E-state index contributed by atoms with van der Waals surface area (Å²) < 4.78 is 0. The molecule has 0 radical (unpaired) electrons. The van der Waals surface area contributed by atoms with Gasteiger partial charge < -0.3 is 10.6 Å². The molecule has 0 aliphatic rings. The largest absolute Gasteiger partial charge is 0.352 e. The Morgan fingerprint density at radius 3 is 2.40 bits per heavy atom. The molecule has 5 heteroatoms. The van der Waals surface area contributed by atoms with Gasteiger partial charge in [-0.25, -0.2) is 0 Å². The third-order valence-corrected chi connectivity index (χ3v) is 3.54. The molecule has 20 heavy (non-hydrogen) atoms. The van der Waals surface area contributed by atoms with E-state index in [0.717, 1.165) is 18.1 Å². The molecule has 0 bridgehead atoms. The molecule has 0 aliphatic carbocycles. The Hall–Kier alpha value is -2.32. The van der Waals surface area contributed by atoms with Gasteiger partial charge in [-0.05, 0) is 40.1 Å². The van der Waals surface area contributed by atoms with Gasteiger partial charge in [0, 0.05) is 20.1 Å². The quantitative estimate of drug-likeness (QED) is 0.670. The maximum Gasteiger partial charge on any atom is 0.191 e. The Balaban J connectivity index is 1.82. The molecule has 2 aromatic rings. The number of nitrogens with zero attached hydrogens (tertiary/aromatic N) is 2. The van der Waals surface area contributed by atoms with Crippen molar-refractivity contribution < 1.29 is 0 Å². The monoisotopic (exact) mass is 284 g/mol. The van der Waals surface area contributed by atoms with Crippen molar-refractivity contribution in [2.75, 3.05) is 7.05 Å². The SMILES string of the molecule is CN=C(NCc1ccc(C#N)cc1)NCc1ccsc1. The van der Waals surface area contributed by atoms with Crippen LogP contribution in [0.1, 0.15) is 16.7 Å². The molecule has 1 heterocycles. The molecule has 0 atom stereocenters. The highest BCUT2D eigenvalue weighted by atomic mass is 32.1. The van der Waals surface area contributed by atoms with Crippen LogP contribution in [0.2, 0.25) is 0 Å². The average Bonchev–Trinajstić information content (AvgIpc) is 3.01. The van der Waals surface area contributed by atoms with Crippen LogP contribution in [0, 0.1) is 11.3 Å². The van der Waals surface area contributed by atoms with Crippen LogP contribution in [0.4, 0.5) is 0 Å². The summed E-state index contributed by atoms with van der Waals surface area (Å²) in [6.45, 7) is 1.44. The van der Waals surface area contributed by atoms with Crippen molar-refractivity contribution in [3.63, 3.8) is 0 Å². The first-order valence-electron chi connectivity index (χ1n) is 6.26. The van der Waals surface area contributed by atoms with Crippen molar-refractivity contribution in [2.24, 2.45) is 4.99 Å². The van der Waals surface area contributed by atoms with Gasteiger partial charge in [-0.3, -0.25) is 4.99 Å². The van der Waals surface area contributed by atoms with Crippen molar-refractivity contribution in [3.05, 3.63) is 57.8 Å². The van der Waals surface area contributed by atoms with Crippen molar-refractivity contribution in [3.8, 4) is 6.07 Å².